The van der Waals surface area contributed by atoms with Crippen molar-refractivity contribution >= 4 is 23.3 Å². The first-order chi connectivity index (χ1) is 7.63. The van der Waals surface area contributed by atoms with Gasteiger partial charge in [0.05, 0.1) is 7.11 Å². The molecule has 16 heavy (non-hydrogen) atoms. The molecule has 1 atom stereocenters. The normalized spacial score (nSPS) is 19.2. The summed E-state index contributed by atoms with van der Waals surface area (Å²) < 4.78 is 4.75. The molecule has 4 heteroatoms. The molecule has 0 spiro atoms. The van der Waals surface area contributed by atoms with Crippen LogP contribution in [0.25, 0.3) is 0 Å². The number of nitrogens with zero attached hydrogens (tertiary/aromatic N) is 1. The van der Waals surface area contributed by atoms with Gasteiger partial charge < -0.3 is 9.64 Å². The topological polar surface area (TPSA) is 29.5 Å². The third-order valence-corrected chi connectivity index (χ3v) is 3.39. The molecule has 0 aliphatic carbocycles. The number of halogens is 1. The second-order valence-corrected chi connectivity index (χ2v) is 4.36. The van der Waals surface area contributed by atoms with Gasteiger partial charge in [0.25, 0.3) is 0 Å². The predicted octanol–water partition coefficient (Wildman–Crippen LogP) is 2.40. The molecule has 1 fully saturated rings. The van der Waals surface area contributed by atoms with E-state index >= 15 is 0 Å². The first kappa shape index (κ1) is 11.3. The minimum Gasteiger partial charge on any atom is -0.467 e. The zero-order chi connectivity index (χ0) is 11.7. The first-order valence-electron chi connectivity index (χ1n) is 5.24. The largest absolute Gasteiger partial charge is 0.467 e. The number of hydrogen-bond acceptors (Lipinski definition) is 3. The lowest BCUT2D eigenvalue weighted by Gasteiger charge is -2.40. The van der Waals surface area contributed by atoms with Crippen LogP contribution in [0.15, 0.2) is 18.2 Å². The molecule has 1 aliphatic heterocycles. The van der Waals surface area contributed by atoms with E-state index in [-0.39, 0.29) is 12.0 Å². The summed E-state index contributed by atoms with van der Waals surface area (Å²) in [4.78, 5) is 13.4. The average Bonchev–Trinajstić information content (AvgIpc) is 2.21. The Labute approximate surface area is 100.0 Å². The number of ether oxygens (including phenoxy) is 1. The maximum atomic E-state index is 11.4. The zero-order valence-electron chi connectivity index (χ0n) is 9.37. The Balaban J connectivity index is 2.19. The van der Waals surface area contributed by atoms with Crippen molar-refractivity contribution in [2.45, 2.75) is 19.4 Å². The number of methoxy groups -OCH3 is 1. The van der Waals surface area contributed by atoms with Crippen LogP contribution in [-0.4, -0.2) is 25.7 Å². The van der Waals surface area contributed by atoms with Crippen LogP contribution in [-0.2, 0) is 9.53 Å². The lowest BCUT2D eigenvalue weighted by atomic mass is 10.0. The van der Waals surface area contributed by atoms with Gasteiger partial charge in [-0.05, 0) is 31.0 Å². The number of benzene rings is 1. The zero-order valence-corrected chi connectivity index (χ0v) is 10.1. The first-order valence-corrected chi connectivity index (χ1v) is 5.62. The van der Waals surface area contributed by atoms with E-state index in [1.165, 1.54) is 7.11 Å². The number of anilines is 1. The van der Waals surface area contributed by atoms with Gasteiger partial charge in [-0.25, -0.2) is 4.79 Å². The fourth-order valence-electron chi connectivity index (χ4n) is 1.84. The second-order valence-electron chi connectivity index (χ2n) is 3.95. The van der Waals surface area contributed by atoms with E-state index in [2.05, 4.69) is 0 Å². The van der Waals surface area contributed by atoms with Crippen LogP contribution in [0.1, 0.15) is 12.0 Å². The molecule has 0 aromatic heterocycles. The molecule has 2 rings (SSSR count). The van der Waals surface area contributed by atoms with Crippen LogP contribution in [0.3, 0.4) is 0 Å². The number of carbonyl (C=O) groups excluding carboxylic acids is 1. The van der Waals surface area contributed by atoms with Crippen LogP contribution in [0.5, 0.6) is 0 Å². The van der Waals surface area contributed by atoms with Gasteiger partial charge in [-0.1, -0.05) is 17.7 Å². The van der Waals surface area contributed by atoms with E-state index in [9.17, 15) is 4.79 Å². The average molecular weight is 240 g/mol. The van der Waals surface area contributed by atoms with Crippen LogP contribution >= 0.6 is 11.6 Å². The summed E-state index contributed by atoms with van der Waals surface area (Å²) in [6.07, 6.45) is 0.845. The Kier molecular flexibility index (Phi) is 3.06. The fraction of sp³-hybridized carbons (Fsp3) is 0.417. The summed E-state index contributed by atoms with van der Waals surface area (Å²) in [5.41, 5.74) is 2.03. The van der Waals surface area contributed by atoms with Crippen LogP contribution < -0.4 is 4.90 Å². The Hall–Kier alpha value is -1.22. The minimum absolute atomic E-state index is 0.149. The maximum absolute atomic E-state index is 11.4. The van der Waals surface area contributed by atoms with Gasteiger partial charge in [0, 0.05) is 17.3 Å². The number of aryl methyl sites for hydroxylation is 1. The van der Waals surface area contributed by atoms with Crippen molar-refractivity contribution in [2.75, 3.05) is 18.6 Å². The van der Waals surface area contributed by atoms with Crippen LogP contribution in [0.2, 0.25) is 5.02 Å². The summed E-state index contributed by atoms with van der Waals surface area (Å²) in [6.45, 7) is 2.83. The molecule has 0 amide bonds. The Morgan fingerprint density at radius 3 is 2.81 bits per heavy atom. The summed E-state index contributed by atoms with van der Waals surface area (Å²) in [7, 11) is 1.42. The van der Waals surface area contributed by atoms with Gasteiger partial charge in [0.15, 0.2) is 0 Å². The van der Waals surface area contributed by atoms with E-state index in [1.807, 2.05) is 30.0 Å². The number of carbonyl (C=O) groups is 1. The summed E-state index contributed by atoms with van der Waals surface area (Å²) in [5, 5.41) is 0.730. The molecule has 1 saturated heterocycles. The Morgan fingerprint density at radius 1 is 1.56 bits per heavy atom. The highest BCUT2D eigenvalue weighted by Gasteiger charge is 2.35. The SMILES string of the molecule is COC(=O)C1CCN1c1ccc(C)c(Cl)c1. The van der Waals surface area contributed by atoms with Gasteiger partial charge in [0.1, 0.15) is 6.04 Å². The lowest BCUT2D eigenvalue weighted by molar-refractivity contribution is -0.143. The van der Waals surface area contributed by atoms with Crippen molar-refractivity contribution in [3.05, 3.63) is 28.8 Å². The quantitative estimate of drug-likeness (QED) is 0.743. The molecule has 1 unspecified atom stereocenters. The smallest absolute Gasteiger partial charge is 0.328 e. The predicted molar refractivity (Wildman–Crippen MR) is 64.0 cm³/mol. The van der Waals surface area contributed by atoms with Crippen molar-refractivity contribution in [2.24, 2.45) is 0 Å². The molecule has 86 valence electrons. The second kappa shape index (κ2) is 4.34. The molecule has 3 nitrogen and oxygen atoms in total. The van der Waals surface area contributed by atoms with Gasteiger partial charge >= 0.3 is 5.97 Å². The van der Waals surface area contributed by atoms with E-state index in [4.69, 9.17) is 16.3 Å². The molecule has 1 heterocycles. The fourth-order valence-corrected chi connectivity index (χ4v) is 2.01. The molecular weight excluding hydrogens is 226 g/mol. The number of rotatable bonds is 2. The third-order valence-electron chi connectivity index (χ3n) is 2.98. The minimum atomic E-state index is -0.178. The Morgan fingerprint density at radius 2 is 2.31 bits per heavy atom. The van der Waals surface area contributed by atoms with Crippen molar-refractivity contribution in [1.82, 2.24) is 0 Å². The van der Waals surface area contributed by atoms with Crippen molar-refractivity contribution in [1.29, 1.82) is 0 Å². The maximum Gasteiger partial charge on any atom is 0.328 e. The molecule has 1 aliphatic rings. The monoisotopic (exact) mass is 239 g/mol. The number of esters is 1. The molecule has 1 aromatic carbocycles. The third kappa shape index (κ3) is 1.87. The van der Waals surface area contributed by atoms with Gasteiger partial charge in [-0.2, -0.15) is 0 Å². The van der Waals surface area contributed by atoms with Crippen molar-refractivity contribution < 1.29 is 9.53 Å². The lowest BCUT2D eigenvalue weighted by Crippen LogP contribution is -2.53. The van der Waals surface area contributed by atoms with Crippen LogP contribution in [0, 0.1) is 6.92 Å². The van der Waals surface area contributed by atoms with Gasteiger partial charge in [-0.3, -0.25) is 0 Å². The summed E-state index contributed by atoms with van der Waals surface area (Å²) in [5.74, 6) is -0.178. The molecule has 0 N–H and O–H groups in total. The van der Waals surface area contributed by atoms with Gasteiger partial charge in [-0.15, -0.1) is 0 Å². The van der Waals surface area contributed by atoms with E-state index in [0.29, 0.717) is 0 Å². The summed E-state index contributed by atoms with van der Waals surface area (Å²) >= 11 is 6.06. The highest BCUT2D eigenvalue weighted by molar-refractivity contribution is 6.31. The van der Waals surface area contributed by atoms with Crippen LogP contribution in [0.4, 0.5) is 5.69 Å². The van der Waals surface area contributed by atoms with E-state index < -0.39 is 0 Å². The highest BCUT2D eigenvalue weighted by atomic mass is 35.5. The summed E-state index contributed by atoms with van der Waals surface area (Å²) in [6, 6.07) is 5.69. The van der Waals surface area contributed by atoms with Crippen molar-refractivity contribution in [3.63, 3.8) is 0 Å². The highest BCUT2D eigenvalue weighted by Crippen LogP contribution is 2.30. The molecule has 0 bridgehead atoms. The molecule has 0 radical (unpaired) electrons. The van der Waals surface area contributed by atoms with Gasteiger partial charge in [0.2, 0.25) is 0 Å². The number of hydrogen-bond donors (Lipinski definition) is 0. The Bertz CT molecular complexity index is 419. The molecule has 0 saturated carbocycles. The molecular formula is C12H14ClNO2. The van der Waals surface area contributed by atoms with Crippen molar-refractivity contribution in [3.8, 4) is 0 Å². The standard InChI is InChI=1S/C12H14ClNO2/c1-8-3-4-9(7-10(8)13)14-6-5-11(14)12(15)16-2/h3-4,7,11H,5-6H2,1-2H3. The van der Waals surface area contributed by atoms with E-state index in [0.717, 1.165) is 29.2 Å². The molecule has 1 aromatic rings. The van der Waals surface area contributed by atoms with E-state index in [1.54, 1.807) is 0 Å².